The number of nitrogen functional groups attached to an aromatic ring is 1. The number of piperidine rings is 1. The molecule has 1 fully saturated rings. The number of carbonyl (C=O) groups excluding carboxylic acids is 1. The summed E-state index contributed by atoms with van der Waals surface area (Å²) < 4.78 is 27.1. The summed E-state index contributed by atoms with van der Waals surface area (Å²) in [6, 6.07) is 5.36. The number of carbonyl (C=O) groups is 1. The molecule has 156 valence electrons. The van der Waals surface area contributed by atoms with Crippen LogP contribution in [0.15, 0.2) is 39.1 Å². The van der Waals surface area contributed by atoms with E-state index in [2.05, 4.69) is 15.3 Å². The molecule has 0 unspecified atom stereocenters. The van der Waals surface area contributed by atoms with Gasteiger partial charge in [0.1, 0.15) is 5.82 Å². The number of anilines is 2. The second-order valence-electron chi connectivity index (χ2n) is 6.42. The number of nitrogens with zero attached hydrogens (tertiary/aromatic N) is 2. The van der Waals surface area contributed by atoms with E-state index in [9.17, 15) is 18.0 Å². The quantitative estimate of drug-likeness (QED) is 0.444. The number of aromatic nitrogens is 2. The number of benzene rings is 1. The lowest BCUT2D eigenvalue weighted by Crippen LogP contribution is -2.35. The van der Waals surface area contributed by atoms with Gasteiger partial charge in [0.15, 0.2) is 5.16 Å². The molecule has 0 saturated carbocycles. The lowest BCUT2D eigenvalue weighted by atomic mass is 10.2. The van der Waals surface area contributed by atoms with Gasteiger partial charge in [-0.05, 0) is 31.0 Å². The molecule has 29 heavy (non-hydrogen) atoms. The molecule has 9 nitrogen and oxygen atoms in total. The van der Waals surface area contributed by atoms with Crippen molar-refractivity contribution >= 4 is 50.8 Å². The van der Waals surface area contributed by atoms with Crippen LogP contribution < -0.4 is 16.6 Å². The molecule has 12 heteroatoms. The van der Waals surface area contributed by atoms with Crippen molar-refractivity contribution in [2.45, 2.75) is 29.3 Å². The van der Waals surface area contributed by atoms with Gasteiger partial charge >= 0.3 is 0 Å². The molecule has 0 atom stereocenters. The zero-order chi connectivity index (χ0) is 21.0. The van der Waals surface area contributed by atoms with Gasteiger partial charge in [0.05, 0.1) is 21.4 Å². The zero-order valence-corrected chi connectivity index (χ0v) is 17.7. The minimum Gasteiger partial charge on any atom is -0.383 e. The van der Waals surface area contributed by atoms with Crippen LogP contribution in [-0.4, -0.2) is 47.4 Å². The van der Waals surface area contributed by atoms with E-state index < -0.39 is 21.5 Å². The summed E-state index contributed by atoms with van der Waals surface area (Å²) in [5, 5.41) is 3.02. The first-order chi connectivity index (χ1) is 13.8. The summed E-state index contributed by atoms with van der Waals surface area (Å²) in [7, 11) is -3.65. The second kappa shape index (κ2) is 9.16. The standard InChI is InChI=1S/C17H20ClN5O4S2/c18-12-5-4-11(29(26,27)23-6-2-1-3-7-23)8-13(12)20-16(25)10-28-17-21-14(19)9-15(24)22-17/h4-5,8-9H,1-3,6-7,10H2,(H,20,25)(H3,19,21,22,24). The van der Waals surface area contributed by atoms with Crippen molar-refractivity contribution < 1.29 is 13.2 Å². The van der Waals surface area contributed by atoms with E-state index in [1.54, 1.807) is 0 Å². The van der Waals surface area contributed by atoms with Gasteiger partial charge in [-0.1, -0.05) is 29.8 Å². The van der Waals surface area contributed by atoms with Crippen molar-refractivity contribution in [1.29, 1.82) is 0 Å². The van der Waals surface area contributed by atoms with Crippen molar-refractivity contribution in [3.05, 3.63) is 39.6 Å². The van der Waals surface area contributed by atoms with Gasteiger partial charge in [0, 0.05) is 19.2 Å². The lowest BCUT2D eigenvalue weighted by molar-refractivity contribution is -0.113. The highest BCUT2D eigenvalue weighted by atomic mass is 35.5. The molecule has 3 rings (SSSR count). The Labute approximate surface area is 177 Å². The number of nitrogens with two attached hydrogens (primary N) is 1. The first kappa shape index (κ1) is 21.6. The summed E-state index contributed by atoms with van der Waals surface area (Å²) in [5.74, 6) is -0.462. The van der Waals surface area contributed by atoms with Crippen molar-refractivity contribution in [2.24, 2.45) is 0 Å². The molecule has 0 spiro atoms. The number of rotatable bonds is 6. The van der Waals surface area contributed by atoms with E-state index in [0.29, 0.717) is 13.1 Å². The Balaban J connectivity index is 1.71. The normalized spacial score (nSPS) is 15.2. The number of hydrogen-bond acceptors (Lipinski definition) is 7. The molecular weight excluding hydrogens is 438 g/mol. The van der Waals surface area contributed by atoms with Crippen LogP contribution in [0.5, 0.6) is 0 Å². The third kappa shape index (κ3) is 5.50. The second-order valence-corrected chi connectivity index (χ2v) is 9.73. The maximum atomic E-state index is 12.8. The van der Waals surface area contributed by atoms with E-state index in [1.807, 2.05) is 0 Å². The van der Waals surface area contributed by atoms with Crippen LogP contribution in [0.3, 0.4) is 0 Å². The van der Waals surface area contributed by atoms with Crippen molar-refractivity contribution in [3.63, 3.8) is 0 Å². The van der Waals surface area contributed by atoms with E-state index in [4.69, 9.17) is 17.3 Å². The highest BCUT2D eigenvalue weighted by Gasteiger charge is 2.26. The minimum atomic E-state index is -3.65. The maximum absolute atomic E-state index is 12.8. The monoisotopic (exact) mass is 457 g/mol. The van der Waals surface area contributed by atoms with Crippen LogP contribution in [0.1, 0.15) is 19.3 Å². The highest BCUT2D eigenvalue weighted by molar-refractivity contribution is 7.99. The molecule has 1 aliphatic heterocycles. The van der Waals surface area contributed by atoms with Crippen LogP contribution in [-0.2, 0) is 14.8 Å². The number of nitrogens with one attached hydrogen (secondary N) is 2. The predicted octanol–water partition coefficient (Wildman–Crippen LogP) is 1.91. The fraction of sp³-hybridized carbons (Fsp3) is 0.353. The molecule has 4 N–H and O–H groups in total. The number of hydrogen-bond donors (Lipinski definition) is 3. The van der Waals surface area contributed by atoms with Crippen LogP contribution in [0, 0.1) is 0 Å². The Hall–Kier alpha value is -2.08. The van der Waals surface area contributed by atoms with Gasteiger partial charge in [-0.3, -0.25) is 9.59 Å². The largest absolute Gasteiger partial charge is 0.383 e. The van der Waals surface area contributed by atoms with Crippen LogP contribution in [0.2, 0.25) is 5.02 Å². The van der Waals surface area contributed by atoms with Gasteiger partial charge in [-0.25, -0.2) is 13.4 Å². The molecule has 0 bridgehead atoms. The fourth-order valence-corrected chi connectivity index (χ4v) is 5.25. The smallest absolute Gasteiger partial charge is 0.253 e. The van der Waals surface area contributed by atoms with E-state index in [0.717, 1.165) is 37.1 Å². The van der Waals surface area contributed by atoms with Gasteiger partial charge in [-0.15, -0.1) is 0 Å². The molecule has 1 amide bonds. The Kier molecular flexibility index (Phi) is 6.83. The Morgan fingerprint density at radius 3 is 2.69 bits per heavy atom. The molecule has 1 aromatic heterocycles. The first-order valence-corrected chi connectivity index (χ1v) is 11.7. The fourth-order valence-electron chi connectivity index (χ4n) is 2.86. The number of thioether (sulfide) groups is 1. The number of aromatic amines is 1. The maximum Gasteiger partial charge on any atom is 0.253 e. The molecule has 0 radical (unpaired) electrons. The average molecular weight is 458 g/mol. The number of H-pyrrole nitrogens is 1. The molecule has 1 saturated heterocycles. The van der Waals surface area contributed by atoms with Crippen molar-refractivity contribution in [2.75, 3.05) is 29.9 Å². The van der Waals surface area contributed by atoms with E-state index in [-0.39, 0.29) is 32.3 Å². The molecule has 1 aliphatic rings. The zero-order valence-electron chi connectivity index (χ0n) is 15.4. The number of halogens is 1. The SMILES string of the molecule is Nc1cc(=O)[nH]c(SCC(=O)Nc2cc(S(=O)(=O)N3CCCCC3)ccc2Cl)n1. The highest BCUT2D eigenvalue weighted by Crippen LogP contribution is 2.28. The first-order valence-electron chi connectivity index (χ1n) is 8.85. The summed E-state index contributed by atoms with van der Waals surface area (Å²) in [5.41, 5.74) is 5.29. The topological polar surface area (TPSA) is 138 Å². The van der Waals surface area contributed by atoms with Crippen LogP contribution >= 0.6 is 23.4 Å². The van der Waals surface area contributed by atoms with Gasteiger partial charge in [0.25, 0.3) is 5.56 Å². The van der Waals surface area contributed by atoms with E-state index in [1.165, 1.54) is 22.5 Å². The molecule has 1 aromatic carbocycles. The van der Waals surface area contributed by atoms with Crippen molar-refractivity contribution in [3.8, 4) is 0 Å². The molecule has 0 aliphatic carbocycles. The number of amides is 1. The Morgan fingerprint density at radius 1 is 1.28 bits per heavy atom. The molecular formula is C17H20ClN5O4S2. The molecule has 2 aromatic rings. The van der Waals surface area contributed by atoms with Crippen LogP contribution in [0.4, 0.5) is 11.5 Å². The van der Waals surface area contributed by atoms with Gasteiger partial charge in [0.2, 0.25) is 15.9 Å². The summed E-state index contributed by atoms with van der Waals surface area (Å²) in [6.45, 7) is 0.962. The summed E-state index contributed by atoms with van der Waals surface area (Å²) in [4.78, 5) is 30.1. The third-order valence-electron chi connectivity index (χ3n) is 4.24. The molecule has 2 heterocycles. The van der Waals surface area contributed by atoms with Crippen molar-refractivity contribution in [1.82, 2.24) is 14.3 Å². The van der Waals surface area contributed by atoms with Crippen LogP contribution in [0.25, 0.3) is 0 Å². The predicted molar refractivity (Wildman–Crippen MR) is 113 cm³/mol. The summed E-state index contributed by atoms with van der Waals surface area (Å²) >= 11 is 7.11. The minimum absolute atomic E-state index is 0.0512. The van der Waals surface area contributed by atoms with Gasteiger partial charge in [-0.2, -0.15) is 4.31 Å². The number of sulfonamides is 1. The Morgan fingerprint density at radius 2 is 2.00 bits per heavy atom. The lowest BCUT2D eigenvalue weighted by Gasteiger charge is -2.26. The third-order valence-corrected chi connectivity index (χ3v) is 7.34. The Bertz CT molecular complexity index is 1070. The average Bonchev–Trinajstić information content (AvgIpc) is 2.68. The van der Waals surface area contributed by atoms with E-state index >= 15 is 0 Å². The summed E-state index contributed by atoms with van der Waals surface area (Å²) in [6.07, 6.45) is 2.67. The van der Waals surface area contributed by atoms with Gasteiger partial charge < -0.3 is 16.0 Å².